The van der Waals surface area contributed by atoms with E-state index in [0.717, 1.165) is 49.1 Å². The second-order valence-electron chi connectivity index (χ2n) is 6.62. The first-order valence-electron chi connectivity index (χ1n) is 9.33. The third-order valence-electron chi connectivity index (χ3n) is 4.79. The molecule has 0 spiro atoms. The Balaban J connectivity index is 1.62. The Bertz CT molecular complexity index is 749. The lowest BCUT2D eigenvalue weighted by atomic mass is 9.95. The topological polar surface area (TPSA) is 60.3 Å². The monoisotopic (exact) mass is 374 g/mol. The molecular formula is C20H26N2O3S. The number of nitrogens with one attached hydrogen (secondary N) is 1. The smallest absolute Gasteiger partial charge is 0.305 e. The summed E-state index contributed by atoms with van der Waals surface area (Å²) in [6.07, 6.45) is 11.5. The van der Waals surface area contributed by atoms with Crippen LogP contribution in [0.4, 0.5) is 0 Å². The zero-order valence-electron chi connectivity index (χ0n) is 15.3. The predicted octanol–water partition coefficient (Wildman–Crippen LogP) is 3.88. The van der Waals surface area contributed by atoms with Crippen LogP contribution >= 0.6 is 11.3 Å². The summed E-state index contributed by atoms with van der Waals surface area (Å²) in [6, 6.07) is 3.98. The van der Waals surface area contributed by atoms with Gasteiger partial charge in [0.25, 0.3) is 5.91 Å². The Hall–Kier alpha value is -2.08. The molecule has 0 saturated heterocycles. The molecular weight excluding hydrogens is 348 g/mol. The van der Waals surface area contributed by atoms with Gasteiger partial charge in [0.1, 0.15) is 5.00 Å². The summed E-state index contributed by atoms with van der Waals surface area (Å²) < 4.78 is 6.69. The Morgan fingerprint density at radius 3 is 2.69 bits per heavy atom. The molecule has 0 saturated carbocycles. The molecule has 0 unspecified atom stereocenters. The van der Waals surface area contributed by atoms with E-state index in [1.165, 1.54) is 24.0 Å². The van der Waals surface area contributed by atoms with Gasteiger partial charge in [-0.2, -0.15) is 0 Å². The third-order valence-corrected chi connectivity index (χ3v) is 6.09. The van der Waals surface area contributed by atoms with E-state index in [-0.39, 0.29) is 11.9 Å². The molecule has 5 nitrogen and oxygen atoms in total. The number of thiophene rings is 1. The van der Waals surface area contributed by atoms with Gasteiger partial charge in [0.05, 0.1) is 12.7 Å². The fourth-order valence-corrected chi connectivity index (χ4v) is 4.75. The number of unbranched alkanes of at least 4 members (excludes halogenated alkanes) is 2. The van der Waals surface area contributed by atoms with E-state index in [1.54, 1.807) is 11.3 Å². The number of hydrogen-bond acceptors (Lipinski definition) is 4. The van der Waals surface area contributed by atoms with E-state index < -0.39 is 0 Å². The summed E-state index contributed by atoms with van der Waals surface area (Å²) in [5.41, 5.74) is 2.10. The standard InChI is InChI=1S/C20H26N2O3S/c1-25-17(23)11-3-2-6-12-21-19(24)18-15-9-4-5-10-16(15)26-20(18)22-13-7-8-14-22/h7-8,13-14H,2-6,9-12H2,1H3,(H,21,24). The number of hydrogen-bond donors (Lipinski definition) is 1. The lowest BCUT2D eigenvalue weighted by molar-refractivity contribution is -0.140. The highest BCUT2D eigenvalue weighted by Crippen LogP contribution is 2.36. The third kappa shape index (κ3) is 4.36. The number of carbonyl (C=O) groups is 2. The molecule has 3 rings (SSSR count). The van der Waals surface area contributed by atoms with Gasteiger partial charge in [0, 0.05) is 30.2 Å². The van der Waals surface area contributed by atoms with Crippen LogP contribution in [0, 0.1) is 0 Å². The van der Waals surface area contributed by atoms with Gasteiger partial charge in [0.2, 0.25) is 0 Å². The number of fused-ring (bicyclic) bond motifs is 1. The average molecular weight is 375 g/mol. The van der Waals surface area contributed by atoms with E-state index in [9.17, 15) is 9.59 Å². The summed E-state index contributed by atoms with van der Waals surface area (Å²) in [5.74, 6) is -0.142. The van der Waals surface area contributed by atoms with Crippen molar-refractivity contribution in [3.63, 3.8) is 0 Å². The molecule has 6 heteroatoms. The molecule has 0 aliphatic heterocycles. The van der Waals surface area contributed by atoms with Crippen molar-refractivity contribution >= 4 is 23.2 Å². The highest BCUT2D eigenvalue weighted by atomic mass is 32.1. The molecule has 1 aliphatic rings. The van der Waals surface area contributed by atoms with Crippen molar-refractivity contribution in [1.82, 2.24) is 9.88 Å². The van der Waals surface area contributed by atoms with Crippen LogP contribution in [0.3, 0.4) is 0 Å². The molecule has 0 bridgehead atoms. The number of amides is 1. The van der Waals surface area contributed by atoms with E-state index in [2.05, 4.69) is 10.1 Å². The number of methoxy groups -OCH3 is 1. The Morgan fingerprint density at radius 2 is 1.92 bits per heavy atom. The van der Waals surface area contributed by atoms with Gasteiger partial charge in [-0.1, -0.05) is 6.42 Å². The number of carbonyl (C=O) groups excluding carboxylic acids is 2. The molecule has 1 amide bonds. The van der Waals surface area contributed by atoms with Gasteiger partial charge < -0.3 is 14.6 Å². The number of rotatable bonds is 8. The summed E-state index contributed by atoms with van der Waals surface area (Å²) in [4.78, 5) is 25.4. The number of aryl methyl sites for hydroxylation is 1. The highest BCUT2D eigenvalue weighted by molar-refractivity contribution is 7.15. The van der Waals surface area contributed by atoms with Crippen LogP contribution < -0.4 is 5.32 Å². The van der Waals surface area contributed by atoms with Crippen LogP contribution in [0.1, 0.15) is 59.3 Å². The largest absolute Gasteiger partial charge is 0.469 e. The van der Waals surface area contributed by atoms with Crippen LogP contribution in [0.5, 0.6) is 0 Å². The molecule has 2 heterocycles. The Labute approximate surface area is 158 Å². The minimum absolute atomic E-state index is 0.0288. The van der Waals surface area contributed by atoms with Crippen LogP contribution in [-0.2, 0) is 22.4 Å². The summed E-state index contributed by atoms with van der Waals surface area (Å²) in [6.45, 7) is 0.635. The first kappa shape index (κ1) is 18.7. The maximum Gasteiger partial charge on any atom is 0.305 e. The molecule has 1 N–H and O–H groups in total. The highest BCUT2D eigenvalue weighted by Gasteiger charge is 2.25. The van der Waals surface area contributed by atoms with Crippen LogP contribution in [-0.4, -0.2) is 30.1 Å². The van der Waals surface area contributed by atoms with Crippen molar-refractivity contribution < 1.29 is 14.3 Å². The van der Waals surface area contributed by atoms with Gasteiger partial charge in [-0.25, -0.2) is 0 Å². The van der Waals surface area contributed by atoms with Crippen LogP contribution in [0.15, 0.2) is 24.5 Å². The molecule has 140 valence electrons. The summed E-state index contributed by atoms with van der Waals surface area (Å²) in [5, 5.41) is 4.11. The first-order valence-corrected chi connectivity index (χ1v) is 10.1. The van der Waals surface area contributed by atoms with Gasteiger partial charge >= 0.3 is 5.97 Å². The van der Waals surface area contributed by atoms with Crippen molar-refractivity contribution in [1.29, 1.82) is 0 Å². The molecule has 0 fully saturated rings. The van der Waals surface area contributed by atoms with Crippen molar-refractivity contribution in [3.8, 4) is 5.00 Å². The molecule has 26 heavy (non-hydrogen) atoms. The molecule has 0 radical (unpaired) electrons. The van der Waals surface area contributed by atoms with Crippen molar-refractivity contribution in [3.05, 3.63) is 40.5 Å². The minimum Gasteiger partial charge on any atom is -0.469 e. The fraction of sp³-hybridized carbons (Fsp3) is 0.500. The summed E-state index contributed by atoms with van der Waals surface area (Å²) >= 11 is 1.75. The maximum absolute atomic E-state index is 12.9. The zero-order valence-corrected chi connectivity index (χ0v) is 16.1. The lowest BCUT2D eigenvalue weighted by Gasteiger charge is -2.13. The maximum atomic E-state index is 12.9. The van der Waals surface area contributed by atoms with Crippen molar-refractivity contribution in [2.24, 2.45) is 0 Å². The van der Waals surface area contributed by atoms with Crippen molar-refractivity contribution in [2.45, 2.75) is 51.4 Å². The fourth-order valence-electron chi connectivity index (χ4n) is 3.40. The quantitative estimate of drug-likeness (QED) is 0.563. The SMILES string of the molecule is COC(=O)CCCCCNC(=O)c1c(-n2cccc2)sc2c1CCCC2. The zero-order chi connectivity index (χ0) is 18.4. The van der Waals surface area contributed by atoms with E-state index in [1.807, 2.05) is 29.1 Å². The average Bonchev–Trinajstić information content (AvgIpc) is 3.31. The van der Waals surface area contributed by atoms with Crippen LogP contribution in [0.25, 0.3) is 5.00 Å². The number of aromatic nitrogens is 1. The summed E-state index contributed by atoms with van der Waals surface area (Å²) in [7, 11) is 1.41. The van der Waals surface area contributed by atoms with E-state index in [4.69, 9.17) is 0 Å². The molecule has 0 aromatic carbocycles. The Morgan fingerprint density at radius 1 is 1.15 bits per heavy atom. The van der Waals surface area contributed by atoms with Crippen LogP contribution in [0.2, 0.25) is 0 Å². The van der Waals surface area contributed by atoms with E-state index in [0.29, 0.717) is 13.0 Å². The van der Waals surface area contributed by atoms with E-state index >= 15 is 0 Å². The lowest BCUT2D eigenvalue weighted by Crippen LogP contribution is -2.26. The van der Waals surface area contributed by atoms with Gasteiger partial charge in [-0.3, -0.25) is 9.59 Å². The normalized spacial score (nSPS) is 13.3. The van der Waals surface area contributed by atoms with Gasteiger partial charge in [-0.05, 0) is 56.2 Å². The number of esters is 1. The minimum atomic E-state index is -0.171. The number of nitrogens with zero attached hydrogens (tertiary/aromatic N) is 1. The predicted molar refractivity (Wildman–Crippen MR) is 103 cm³/mol. The second-order valence-corrected chi connectivity index (χ2v) is 7.71. The molecule has 1 aliphatic carbocycles. The molecule has 2 aromatic heterocycles. The Kier molecular flexibility index (Phi) is 6.50. The molecule has 0 atom stereocenters. The van der Waals surface area contributed by atoms with Gasteiger partial charge in [0.15, 0.2) is 0 Å². The second kappa shape index (κ2) is 9.03. The van der Waals surface area contributed by atoms with Crippen molar-refractivity contribution in [2.75, 3.05) is 13.7 Å². The first-order chi connectivity index (χ1) is 12.7. The molecule has 2 aromatic rings. The number of ether oxygens (including phenoxy) is 1. The van der Waals surface area contributed by atoms with Gasteiger partial charge in [-0.15, -0.1) is 11.3 Å².